The maximum absolute atomic E-state index is 14.0. The average Bonchev–Trinajstić information content (AvgIpc) is 3.49. The molecule has 7 N–H and O–H groups in total. The second-order valence-corrected chi connectivity index (χ2v) is 10.2. The van der Waals surface area contributed by atoms with E-state index in [4.69, 9.17) is 15.2 Å². The van der Waals surface area contributed by atoms with Crippen LogP contribution in [-0.2, 0) is 27.3 Å². The van der Waals surface area contributed by atoms with Crippen molar-refractivity contribution < 1.29 is 43.9 Å². The Morgan fingerprint density at radius 3 is 2.66 bits per heavy atom. The van der Waals surface area contributed by atoms with Crippen LogP contribution in [0.25, 0.3) is 5.76 Å². The van der Waals surface area contributed by atoms with Crippen molar-refractivity contribution in [3.05, 3.63) is 39.7 Å². The van der Waals surface area contributed by atoms with Gasteiger partial charge in [0.2, 0.25) is 11.6 Å². The molecule has 11 nitrogen and oxygen atoms in total. The third-order valence-corrected chi connectivity index (χ3v) is 8.49. The molecule has 2 fully saturated rings. The van der Waals surface area contributed by atoms with Gasteiger partial charge in [-0.3, -0.25) is 14.5 Å². The quantitative estimate of drug-likeness (QED) is 0.259. The minimum absolute atomic E-state index is 0.0345. The minimum Gasteiger partial charge on any atom is -0.510 e. The molecule has 3 aliphatic carbocycles. The number of epoxide rings is 1. The minimum atomic E-state index is -2.43. The van der Waals surface area contributed by atoms with Gasteiger partial charge in [-0.1, -0.05) is 6.92 Å². The number of carbonyl (C=O) groups excluding carboxylic acids is 2. The molecule has 5 rings (SSSR count). The predicted octanol–water partition coefficient (Wildman–Crippen LogP) is 0.579. The highest BCUT2D eigenvalue weighted by Crippen LogP contribution is 2.66. The number of fused-ring (bicyclic) bond motifs is 2. The molecule has 1 unspecified atom stereocenters. The van der Waals surface area contributed by atoms with Crippen LogP contribution in [0.1, 0.15) is 30.0 Å². The van der Waals surface area contributed by atoms with Gasteiger partial charge in [0.1, 0.15) is 35.3 Å². The van der Waals surface area contributed by atoms with Crippen molar-refractivity contribution in [2.24, 2.45) is 17.6 Å². The van der Waals surface area contributed by atoms with Crippen LogP contribution in [0.2, 0.25) is 0 Å². The first-order chi connectivity index (χ1) is 18.0. The maximum Gasteiger partial charge on any atom is 0.253 e. The van der Waals surface area contributed by atoms with E-state index in [0.717, 1.165) is 0 Å². The number of ether oxygens (including phenoxy) is 2. The first-order valence-corrected chi connectivity index (χ1v) is 12.5. The molecule has 1 saturated carbocycles. The van der Waals surface area contributed by atoms with Crippen molar-refractivity contribution in [2.45, 2.75) is 43.7 Å². The smallest absolute Gasteiger partial charge is 0.253 e. The number of nitrogens with two attached hydrogens (primary N) is 1. The largest absolute Gasteiger partial charge is 0.510 e. The summed E-state index contributed by atoms with van der Waals surface area (Å²) in [6.07, 6.45) is 0.389. The summed E-state index contributed by atoms with van der Waals surface area (Å²) < 4.78 is 24.3. The number of primary amides is 1. The Morgan fingerprint density at radius 1 is 1.37 bits per heavy atom. The number of aliphatic hydroxyl groups is 3. The number of amides is 1. The van der Waals surface area contributed by atoms with Crippen molar-refractivity contribution in [3.63, 3.8) is 0 Å². The Bertz CT molecular complexity index is 1300. The summed E-state index contributed by atoms with van der Waals surface area (Å²) in [4.78, 5) is 27.9. The number of likely N-dealkylation sites (N-methyl/N-ethyl adjacent to an activating group) is 1. The first kappa shape index (κ1) is 26.4. The molecule has 206 valence electrons. The fourth-order valence-electron chi connectivity index (χ4n) is 6.81. The fraction of sp³-hybridized carbons (Fsp3) is 0.538. The number of phenolic OH excluding ortho intramolecular Hbond substituents is 1. The van der Waals surface area contributed by atoms with E-state index in [1.54, 1.807) is 0 Å². The van der Waals surface area contributed by atoms with E-state index < -0.39 is 64.7 Å². The standard InChI is InChI=1S/C26H32FN3O8/c1-4-30(6-5-27)10-12-9-15(31)17-13(22(12)37-3)7-11-8-14-19(29-2)21(33)18(24(28)35)26(36)25(14,38-26)23(34)16(11)20(17)32/h9,11,14,19,29,31-33,36H,4-8,10H2,1-3H3,(H2,28,35)/t11-,14-,19-,25-,26?/m0/s1. The van der Waals surface area contributed by atoms with Gasteiger partial charge in [0, 0.05) is 35.7 Å². The van der Waals surface area contributed by atoms with E-state index in [2.05, 4.69) is 5.32 Å². The molecule has 38 heavy (non-hydrogen) atoms. The Balaban J connectivity index is 1.64. The number of Topliss-reactive ketones (excluding diaryl/α,β-unsaturated/α-hetero) is 1. The van der Waals surface area contributed by atoms with E-state index >= 15 is 0 Å². The van der Waals surface area contributed by atoms with Gasteiger partial charge in [-0.2, -0.15) is 0 Å². The number of rotatable bonds is 8. The van der Waals surface area contributed by atoms with Crippen molar-refractivity contribution in [2.75, 3.05) is 33.9 Å². The van der Waals surface area contributed by atoms with Gasteiger partial charge < -0.3 is 41.0 Å². The molecule has 1 aromatic rings. The zero-order chi connectivity index (χ0) is 27.7. The van der Waals surface area contributed by atoms with Crippen LogP contribution < -0.4 is 15.8 Å². The Labute approximate surface area is 218 Å². The number of aromatic hydroxyl groups is 1. The summed E-state index contributed by atoms with van der Waals surface area (Å²) in [6.45, 7) is 2.43. The molecule has 1 aliphatic heterocycles. The van der Waals surface area contributed by atoms with Crippen molar-refractivity contribution >= 4 is 17.4 Å². The second-order valence-electron chi connectivity index (χ2n) is 10.2. The summed E-state index contributed by atoms with van der Waals surface area (Å²) in [6, 6.07) is 0.507. The van der Waals surface area contributed by atoms with Gasteiger partial charge in [0.25, 0.3) is 5.91 Å². The molecule has 4 aliphatic rings. The average molecular weight is 534 g/mol. The summed E-state index contributed by atoms with van der Waals surface area (Å²) in [5.74, 6) is -6.49. The van der Waals surface area contributed by atoms with E-state index in [1.165, 1.54) is 20.2 Å². The summed E-state index contributed by atoms with van der Waals surface area (Å²) in [5.41, 5.74) is 3.99. The number of methoxy groups -OCH3 is 1. The van der Waals surface area contributed by atoms with Crippen LogP contribution in [0.3, 0.4) is 0 Å². The molecule has 1 aromatic carbocycles. The molecule has 0 aromatic heterocycles. The lowest BCUT2D eigenvalue weighted by Gasteiger charge is -2.44. The number of hydrogen-bond acceptors (Lipinski definition) is 10. The van der Waals surface area contributed by atoms with Gasteiger partial charge in [-0.15, -0.1) is 0 Å². The Morgan fingerprint density at radius 2 is 2.08 bits per heavy atom. The number of nitrogens with one attached hydrogen (secondary N) is 1. The zero-order valence-electron chi connectivity index (χ0n) is 21.4. The van der Waals surface area contributed by atoms with Crippen LogP contribution in [-0.4, -0.2) is 88.4 Å². The molecular formula is C26H32FN3O8. The SMILES string of the molecule is CCN(CCF)Cc1cc(O)c2c(c1OC)C[C@H]1C[C@H]3[C@H](NC)C(O)=C(C(N)=O)C4(O)O[C@]34C(=O)C1=C2O. The van der Waals surface area contributed by atoms with E-state index in [9.17, 15) is 34.4 Å². The molecule has 0 bridgehead atoms. The summed E-state index contributed by atoms with van der Waals surface area (Å²) in [5, 5.41) is 47.3. The molecule has 5 atom stereocenters. The topological polar surface area (TPSA) is 178 Å². The molecule has 1 heterocycles. The number of halogens is 1. The highest BCUT2D eigenvalue weighted by Gasteiger charge is 2.85. The van der Waals surface area contributed by atoms with Gasteiger partial charge in [-0.25, -0.2) is 4.39 Å². The van der Waals surface area contributed by atoms with Crippen LogP contribution in [0.4, 0.5) is 4.39 Å². The molecule has 12 heteroatoms. The fourth-order valence-corrected chi connectivity index (χ4v) is 6.81. The summed E-state index contributed by atoms with van der Waals surface area (Å²) >= 11 is 0. The van der Waals surface area contributed by atoms with Crippen molar-refractivity contribution in [3.8, 4) is 11.5 Å². The van der Waals surface area contributed by atoms with Gasteiger partial charge in [-0.05, 0) is 38.4 Å². The van der Waals surface area contributed by atoms with Crippen LogP contribution in [0, 0.1) is 11.8 Å². The third kappa shape index (κ3) is 3.27. The Kier molecular flexibility index (Phi) is 6.21. The van der Waals surface area contributed by atoms with Crippen LogP contribution >= 0.6 is 0 Å². The number of ketones is 1. The summed E-state index contributed by atoms with van der Waals surface area (Å²) in [7, 11) is 3.00. The highest BCUT2D eigenvalue weighted by molar-refractivity contribution is 6.14. The number of hydrogen-bond donors (Lipinski definition) is 6. The number of carbonyl (C=O) groups is 2. The lowest BCUT2D eigenvalue weighted by Crippen LogP contribution is -2.60. The molecule has 0 radical (unpaired) electrons. The van der Waals surface area contributed by atoms with Gasteiger partial charge >= 0.3 is 0 Å². The lowest BCUT2D eigenvalue weighted by molar-refractivity contribution is -0.126. The first-order valence-electron chi connectivity index (χ1n) is 12.5. The van der Waals surface area contributed by atoms with Crippen molar-refractivity contribution in [1.82, 2.24) is 10.2 Å². The molecular weight excluding hydrogens is 501 g/mol. The maximum atomic E-state index is 14.0. The number of alkyl halides is 1. The second kappa shape index (κ2) is 8.94. The number of aliphatic hydroxyl groups excluding tert-OH is 2. The third-order valence-electron chi connectivity index (χ3n) is 8.49. The number of benzene rings is 1. The lowest BCUT2D eigenvalue weighted by atomic mass is 9.59. The molecule has 1 saturated heterocycles. The van der Waals surface area contributed by atoms with Crippen LogP contribution in [0.5, 0.6) is 11.5 Å². The predicted molar refractivity (Wildman–Crippen MR) is 132 cm³/mol. The van der Waals surface area contributed by atoms with Gasteiger partial charge in [0.15, 0.2) is 5.60 Å². The van der Waals surface area contributed by atoms with E-state index in [-0.39, 0.29) is 36.3 Å². The van der Waals surface area contributed by atoms with E-state index in [1.807, 2.05) is 11.8 Å². The Hall–Kier alpha value is -3.19. The zero-order valence-corrected chi connectivity index (χ0v) is 21.4. The number of nitrogens with zero attached hydrogens (tertiary/aromatic N) is 1. The number of phenols is 1. The van der Waals surface area contributed by atoms with E-state index in [0.29, 0.717) is 30.0 Å². The normalized spacial score (nSPS) is 31.5. The van der Waals surface area contributed by atoms with Crippen LogP contribution in [0.15, 0.2) is 23.0 Å². The molecule has 1 amide bonds. The van der Waals surface area contributed by atoms with Gasteiger partial charge in [0.05, 0.1) is 18.7 Å². The monoisotopic (exact) mass is 533 g/mol. The van der Waals surface area contributed by atoms with Crippen molar-refractivity contribution in [1.29, 1.82) is 0 Å². The highest BCUT2D eigenvalue weighted by atomic mass is 19.1. The molecule has 1 spiro atoms.